The van der Waals surface area contributed by atoms with E-state index in [9.17, 15) is 0 Å². The van der Waals surface area contributed by atoms with Crippen molar-refractivity contribution in [3.8, 4) is 0 Å². The van der Waals surface area contributed by atoms with E-state index in [1.807, 2.05) is 0 Å². The van der Waals surface area contributed by atoms with Crippen LogP contribution in [0, 0.1) is 11.8 Å². The summed E-state index contributed by atoms with van der Waals surface area (Å²) in [6, 6.07) is 0. The molecule has 1 rings (SSSR count). The van der Waals surface area contributed by atoms with Crippen LogP contribution in [0.2, 0.25) is 0 Å². The van der Waals surface area contributed by atoms with Crippen molar-refractivity contribution >= 4 is 7.92 Å². The second-order valence-electron chi connectivity index (χ2n) is 10.7. The molecular weight excluding hydrogens is 319 g/mol. The van der Waals surface area contributed by atoms with E-state index in [1.54, 1.807) is 0 Å². The molecule has 0 radical (unpaired) electrons. The summed E-state index contributed by atoms with van der Waals surface area (Å²) >= 11 is 0. The summed E-state index contributed by atoms with van der Waals surface area (Å²) in [6.07, 6.45) is 19.3. The molecule has 0 amide bonds. The Kier molecular flexibility index (Phi) is 10.6. The van der Waals surface area contributed by atoms with Crippen LogP contribution >= 0.6 is 7.92 Å². The molecule has 0 N–H and O–H groups in total. The highest BCUT2D eigenvalue weighted by atomic mass is 31.1. The predicted molar refractivity (Wildman–Crippen MR) is 119 cm³/mol. The monoisotopic (exact) mass is 368 g/mol. The molecular formula is C24H49P. The van der Waals surface area contributed by atoms with Crippen molar-refractivity contribution in [3.63, 3.8) is 0 Å². The lowest BCUT2D eigenvalue weighted by molar-refractivity contribution is 0.375. The van der Waals surface area contributed by atoms with Gasteiger partial charge >= 0.3 is 0 Å². The maximum Gasteiger partial charge on any atom is -0.0175 e. The van der Waals surface area contributed by atoms with E-state index in [1.165, 1.54) is 83.2 Å². The molecule has 1 aliphatic carbocycles. The van der Waals surface area contributed by atoms with Crippen LogP contribution in [0.15, 0.2) is 0 Å². The Morgan fingerprint density at radius 1 is 0.680 bits per heavy atom. The lowest BCUT2D eigenvalue weighted by Crippen LogP contribution is -2.29. The van der Waals surface area contributed by atoms with Crippen LogP contribution in [-0.4, -0.2) is 16.5 Å². The zero-order valence-corrected chi connectivity index (χ0v) is 19.7. The van der Waals surface area contributed by atoms with Crippen molar-refractivity contribution < 1.29 is 0 Å². The van der Waals surface area contributed by atoms with Crippen LogP contribution in [0.3, 0.4) is 0 Å². The second-order valence-corrected chi connectivity index (χ2v) is 14.6. The van der Waals surface area contributed by atoms with Gasteiger partial charge in [0.2, 0.25) is 0 Å². The fourth-order valence-corrected chi connectivity index (χ4v) is 9.12. The van der Waals surface area contributed by atoms with Gasteiger partial charge in [-0.2, -0.15) is 0 Å². The van der Waals surface area contributed by atoms with E-state index in [0.717, 1.165) is 11.8 Å². The fourth-order valence-electron chi connectivity index (χ4n) is 5.06. The van der Waals surface area contributed by atoms with Crippen LogP contribution in [0.25, 0.3) is 0 Å². The molecule has 0 aliphatic heterocycles. The molecule has 2 atom stereocenters. The maximum absolute atomic E-state index is 2.49. The molecule has 0 saturated heterocycles. The van der Waals surface area contributed by atoms with E-state index in [-0.39, 0.29) is 7.92 Å². The Labute approximate surface area is 162 Å². The van der Waals surface area contributed by atoms with Crippen molar-refractivity contribution in [3.05, 3.63) is 0 Å². The van der Waals surface area contributed by atoms with E-state index in [4.69, 9.17) is 0 Å². The lowest BCUT2D eigenvalue weighted by Gasteiger charge is -2.44. The van der Waals surface area contributed by atoms with Crippen molar-refractivity contribution in [2.75, 3.05) is 6.16 Å². The molecule has 0 bridgehead atoms. The van der Waals surface area contributed by atoms with Crippen LogP contribution in [0.4, 0.5) is 0 Å². The average Bonchev–Trinajstić information content (AvgIpc) is 2.92. The van der Waals surface area contributed by atoms with Crippen molar-refractivity contribution in [1.82, 2.24) is 0 Å². The minimum atomic E-state index is 0.0892. The summed E-state index contributed by atoms with van der Waals surface area (Å²) in [5, 5.41) is 0.998. The number of hydrogen-bond donors (Lipinski definition) is 0. The van der Waals surface area contributed by atoms with Gasteiger partial charge in [0.25, 0.3) is 0 Å². The van der Waals surface area contributed by atoms with Crippen LogP contribution in [0.5, 0.6) is 0 Å². The van der Waals surface area contributed by atoms with Crippen LogP contribution in [0.1, 0.15) is 126 Å². The summed E-state index contributed by atoms with van der Waals surface area (Å²) in [4.78, 5) is 0. The van der Waals surface area contributed by atoms with Gasteiger partial charge in [-0.25, -0.2) is 0 Å². The van der Waals surface area contributed by atoms with Crippen LogP contribution < -0.4 is 0 Å². The molecule has 0 heterocycles. The fraction of sp³-hybridized carbons (Fsp3) is 1.00. The van der Waals surface area contributed by atoms with Gasteiger partial charge in [-0.05, 0) is 34.7 Å². The molecule has 0 aromatic carbocycles. The molecule has 1 aliphatic rings. The highest BCUT2D eigenvalue weighted by Gasteiger charge is 2.38. The van der Waals surface area contributed by atoms with Gasteiger partial charge in [-0.15, -0.1) is 0 Å². The first-order valence-electron chi connectivity index (χ1n) is 11.4. The first-order valence-corrected chi connectivity index (χ1v) is 13.0. The molecule has 0 nitrogen and oxygen atoms in total. The van der Waals surface area contributed by atoms with E-state index in [0.29, 0.717) is 10.3 Å². The summed E-state index contributed by atoms with van der Waals surface area (Å²) in [6.45, 7) is 17.3. The zero-order chi connectivity index (χ0) is 18.9. The number of hydrogen-bond acceptors (Lipinski definition) is 0. The van der Waals surface area contributed by atoms with Crippen molar-refractivity contribution in [2.45, 2.75) is 136 Å². The second kappa shape index (κ2) is 11.3. The van der Waals surface area contributed by atoms with E-state index < -0.39 is 0 Å². The summed E-state index contributed by atoms with van der Waals surface area (Å²) in [5.74, 6) is 2.09. The minimum Gasteiger partial charge on any atom is -0.0954 e. The van der Waals surface area contributed by atoms with E-state index >= 15 is 0 Å². The number of rotatable bonds is 11. The first-order chi connectivity index (χ1) is 11.7. The van der Waals surface area contributed by atoms with E-state index in [2.05, 4.69) is 48.5 Å². The molecule has 1 saturated carbocycles. The Hall–Kier alpha value is 0.430. The summed E-state index contributed by atoms with van der Waals surface area (Å²) in [5.41, 5.74) is 0. The average molecular weight is 369 g/mol. The van der Waals surface area contributed by atoms with Crippen molar-refractivity contribution in [1.29, 1.82) is 0 Å². The Morgan fingerprint density at radius 3 is 1.68 bits per heavy atom. The van der Waals surface area contributed by atoms with Crippen molar-refractivity contribution in [2.24, 2.45) is 11.8 Å². The normalized spacial score (nSPS) is 22.1. The molecule has 25 heavy (non-hydrogen) atoms. The topological polar surface area (TPSA) is 0 Å². The third-order valence-corrected chi connectivity index (χ3v) is 10.4. The molecule has 1 heteroatoms. The first kappa shape index (κ1) is 23.5. The highest BCUT2D eigenvalue weighted by molar-refractivity contribution is 7.60. The molecule has 2 unspecified atom stereocenters. The maximum atomic E-state index is 2.49. The van der Waals surface area contributed by atoms with Gasteiger partial charge in [-0.3, -0.25) is 0 Å². The molecule has 150 valence electrons. The Balaban J connectivity index is 2.33. The van der Waals surface area contributed by atoms with Gasteiger partial charge in [0, 0.05) is 0 Å². The predicted octanol–water partition coefficient (Wildman–Crippen LogP) is 9.01. The smallest absolute Gasteiger partial charge is 0.0175 e. The largest absolute Gasteiger partial charge is 0.0954 e. The lowest BCUT2D eigenvalue weighted by atomic mass is 9.91. The highest BCUT2D eigenvalue weighted by Crippen LogP contribution is 2.61. The number of unbranched alkanes of at least 4 members (excludes halogenated alkanes) is 7. The quantitative estimate of drug-likeness (QED) is 0.252. The SMILES string of the molecule is CCCCCCCCCCC1CCCC1CP(C(C)(C)C)C(C)(C)C. The molecule has 1 fully saturated rings. The molecule has 0 aromatic heterocycles. The van der Waals surface area contributed by atoms with Gasteiger partial charge in [0.1, 0.15) is 0 Å². The summed E-state index contributed by atoms with van der Waals surface area (Å²) in [7, 11) is 0.0892. The Bertz CT molecular complexity index is 319. The third kappa shape index (κ3) is 9.26. The Morgan fingerprint density at radius 2 is 1.16 bits per heavy atom. The minimum absolute atomic E-state index is 0.0892. The van der Waals surface area contributed by atoms with Gasteiger partial charge in [0.15, 0.2) is 0 Å². The van der Waals surface area contributed by atoms with Gasteiger partial charge < -0.3 is 0 Å². The molecule has 0 spiro atoms. The van der Waals surface area contributed by atoms with Gasteiger partial charge in [0.05, 0.1) is 0 Å². The van der Waals surface area contributed by atoms with Crippen LogP contribution in [-0.2, 0) is 0 Å². The molecule has 0 aromatic rings. The summed E-state index contributed by atoms with van der Waals surface area (Å²) < 4.78 is 0. The van der Waals surface area contributed by atoms with Gasteiger partial charge in [-0.1, -0.05) is 127 Å². The third-order valence-electron chi connectivity index (χ3n) is 6.28. The standard InChI is InChI=1S/C24H49P/c1-8-9-10-11-12-13-14-15-17-21-18-16-19-22(21)20-25(23(2,3)4)24(5,6)7/h21-22H,8-20H2,1-7H3. The zero-order valence-electron chi connectivity index (χ0n) is 18.8.